The third-order valence-electron chi connectivity index (χ3n) is 4.16. The van der Waals surface area contributed by atoms with Crippen molar-refractivity contribution in [3.8, 4) is 0 Å². The zero-order valence-electron chi connectivity index (χ0n) is 11.6. The van der Waals surface area contributed by atoms with Crippen molar-refractivity contribution < 1.29 is 4.74 Å². The van der Waals surface area contributed by atoms with Gasteiger partial charge in [-0.25, -0.2) is 0 Å². The molecular formula is C13H23N5O. The van der Waals surface area contributed by atoms with Crippen LogP contribution in [0, 0.1) is 0 Å². The van der Waals surface area contributed by atoms with Gasteiger partial charge in [-0.3, -0.25) is 4.90 Å². The number of hydrogen-bond donors (Lipinski definition) is 1. The van der Waals surface area contributed by atoms with E-state index in [1.807, 2.05) is 0 Å². The first kappa shape index (κ1) is 13.0. The van der Waals surface area contributed by atoms with Gasteiger partial charge in [0.2, 0.25) is 0 Å². The van der Waals surface area contributed by atoms with E-state index in [2.05, 4.69) is 32.0 Å². The molecule has 2 aliphatic heterocycles. The fraction of sp³-hybridized carbons (Fsp3) is 0.846. The van der Waals surface area contributed by atoms with Crippen LogP contribution in [0.4, 0.5) is 0 Å². The van der Waals surface area contributed by atoms with Gasteiger partial charge in [-0.2, -0.15) is 0 Å². The fourth-order valence-corrected chi connectivity index (χ4v) is 2.89. The Morgan fingerprint density at radius 3 is 2.68 bits per heavy atom. The molecule has 0 bridgehead atoms. The summed E-state index contributed by atoms with van der Waals surface area (Å²) < 4.78 is 7.61. The second kappa shape index (κ2) is 5.98. The van der Waals surface area contributed by atoms with Gasteiger partial charge < -0.3 is 14.6 Å². The van der Waals surface area contributed by atoms with E-state index in [1.54, 1.807) is 0 Å². The molecule has 6 heteroatoms. The molecule has 2 saturated heterocycles. The van der Waals surface area contributed by atoms with Gasteiger partial charge in [0.1, 0.15) is 11.6 Å². The van der Waals surface area contributed by atoms with Crippen LogP contribution in [-0.2, 0) is 18.3 Å². The molecule has 0 unspecified atom stereocenters. The van der Waals surface area contributed by atoms with Crippen LogP contribution in [0.25, 0.3) is 0 Å². The highest BCUT2D eigenvalue weighted by Gasteiger charge is 2.23. The first-order chi connectivity index (χ1) is 9.34. The van der Waals surface area contributed by atoms with Crippen LogP contribution in [0.2, 0.25) is 0 Å². The Morgan fingerprint density at radius 1 is 1.21 bits per heavy atom. The van der Waals surface area contributed by atoms with Gasteiger partial charge in [-0.1, -0.05) is 0 Å². The molecule has 3 rings (SSSR count). The van der Waals surface area contributed by atoms with Crippen LogP contribution < -0.4 is 5.32 Å². The lowest BCUT2D eigenvalue weighted by molar-refractivity contribution is 0.0829. The maximum absolute atomic E-state index is 5.42. The number of nitrogens with one attached hydrogen (secondary N) is 1. The van der Waals surface area contributed by atoms with Gasteiger partial charge >= 0.3 is 0 Å². The highest BCUT2D eigenvalue weighted by Crippen LogP contribution is 2.25. The molecule has 1 aromatic heterocycles. The summed E-state index contributed by atoms with van der Waals surface area (Å²) in [7, 11) is 2.10. The number of piperazine rings is 1. The summed E-state index contributed by atoms with van der Waals surface area (Å²) in [6, 6.07) is 0. The molecule has 0 spiro atoms. The molecule has 2 fully saturated rings. The molecule has 6 nitrogen and oxygen atoms in total. The number of aromatic nitrogens is 3. The molecule has 0 radical (unpaired) electrons. The van der Waals surface area contributed by atoms with Crippen molar-refractivity contribution >= 4 is 0 Å². The third-order valence-corrected chi connectivity index (χ3v) is 4.16. The van der Waals surface area contributed by atoms with Gasteiger partial charge in [0.15, 0.2) is 0 Å². The molecule has 0 amide bonds. The Morgan fingerprint density at radius 2 is 1.95 bits per heavy atom. The van der Waals surface area contributed by atoms with Crippen molar-refractivity contribution in [3.05, 3.63) is 11.6 Å². The summed E-state index contributed by atoms with van der Waals surface area (Å²) in [6.07, 6.45) is 2.14. The van der Waals surface area contributed by atoms with Gasteiger partial charge in [0.05, 0.1) is 6.54 Å². The summed E-state index contributed by atoms with van der Waals surface area (Å²) in [5.74, 6) is 2.74. The van der Waals surface area contributed by atoms with Crippen LogP contribution in [0.5, 0.6) is 0 Å². The normalized spacial score (nSPS) is 22.8. The standard InChI is InChI=1S/C13H23N5O/c1-17-12(10-18-6-4-14-5-7-18)15-16-13(17)11-2-8-19-9-3-11/h11,14H,2-10H2,1H3. The minimum absolute atomic E-state index is 0.517. The summed E-state index contributed by atoms with van der Waals surface area (Å²) >= 11 is 0. The van der Waals surface area contributed by atoms with E-state index in [1.165, 1.54) is 0 Å². The Bertz CT molecular complexity index is 407. The predicted octanol–water partition coefficient (Wildman–Crippen LogP) is 0.114. The average molecular weight is 265 g/mol. The summed E-state index contributed by atoms with van der Waals surface area (Å²) in [6.45, 7) is 6.96. The van der Waals surface area contributed by atoms with Crippen molar-refractivity contribution in [2.24, 2.45) is 7.05 Å². The van der Waals surface area contributed by atoms with E-state index < -0.39 is 0 Å². The second-order valence-electron chi connectivity index (χ2n) is 5.45. The van der Waals surface area contributed by atoms with Crippen LogP contribution in [-0.4, -0.2) is 59.1 Å². The highest BCUT2D eigenvalue weighted by molar-refractivity contribution is 5.02. The van der Waals surface area contributed by atoms with E-state index in [0.29, 0.717) is 5.92 Å². The largest absolute Gasteiger partial charge is 0.381 e. The molecule has 0 aromatic carbocycles. The van der Waals surface area contributed by atoms with Crippen LogP contribution >= 0.6 is 0 Å². The second-order valence-corrected chi connectivity index (χ2v) is 5.45. The third kappa shape index (κ3) is 2.96. The molecule has 0 atom stereocenters. The Labute approximate surface area is 114 Å². The summed E-state index contributed by atoms with van der Waals surface area (Å²) in [4.78, 5) is 2.44. The Kier molecular flexibility index (Phi) is 4.10. The zero-order chi connectivity index (χ0) is 13.1. The molecule has 0 saturated carbocycles. The van der Waals surface area contributed by atoms with Gasteiger partial charge in [0, 0.05) is 52.4 Å². The molecular weight excluding hydrogens is 242 g/mol. The van der Waals surface area contributed by atoms with Crippen molar-refractivity contribution in [3.63, 3.8) is 0 Å². The smallest absolute Gasteiger partial charge is 0.146 e. The summed E-state index contributed by atoms with van der Waals surface area (Å²) in [5.41, 5.74) is 0. The maximum atomic E-state index is 5.42. The molecule has 106 valence electrons. The van der Waals surface area contributed by atoms with Crippen LogP contribution in [0.1, 0.15) is 30.4 Å². The van der Waals surface area contributed by atoms with Gasteiger partial charge in [-0.15, -0.1) is 10.2 Å². The van der Waals surface area contributed by atoms with Crippen molar-refractivity contribution in [2.45, 2.75) is 25.3 Å². The number of nitrogens with zero attached hydrogens (tertiary/aromatic N) is 4. The minimum atomic E-state index is 0.517. The lowest BCUT2D eigenvalue weighted by Gasteiger charge is -2.26. The molecule has 3 heterocycles. The molecule has 1 aromatic rings. The monoisotopic (exact) mass is 265 g/mol. The molecule has 19 heavy (non-hydrogen) atoms. The SMILES string of the molecule is Cn1c(CN2CCNCC2)nnc1C1CCOCC1. The van der Waals surface area contributed by atoms with E-state index in [0.717, 1.165) is 70.4 Å². The van der Waals surface area contributed by atoms with Crippen molar-refractivity contribution in [2.75, 3.05) is 39.4 Å². The van der Waals surface area contributed by atoms with Crippen LogP contribution in [0.3, 0.4) is 0 Å². The quantitative estimate of drug-likeness (QED) is 0.841. The van der Waals surface area contributed by atoms with E-state index in [-0.39, 0.29) is 0 Å². The first-order valence-corrected chi connectivity index (χ1v) is 7.23. The summed E-state index contributed by atoms with van der Waals surface area (Å²) in [5, 5.41) is 12.2. The minimum Gasteiger partial charge on any atom is -0.381 e. The molecule has 1 N–H and O–H groups in total. The van der Waals surface area contributed by atoms with E-state index in [9.17, 15) is 0 Å². The number of rotatable bonds is 3. The van der Waals surface area contributed by atoms with Crippen molar-refractivity contribution in [1.29, 1.82) is 0 Å². The zero-order valence-corrected chi connectivity index (χ0v) is 11.6. The first-order valence-electron chi connectivity index (χ1n) is 7.23. The highest BCUT2D eigenvalue weighted by atomic mass is 16.5. The fourth-order valence-electron chi connectivity index (χ4n) is 2.89. The van der Waals surface area contributed by atoms with Crippen molar-refractivity contribution in [1.82, 2.24) is 25.0 Å². The van der Waals surface area contributed by atoms with Crippen LogP contribution in [0.15, 0.2) is 0 Å². The maximum Gasteiger partial charge on any atom is 0.146 e. The van der Waals surface area contributed by atoms with Gasteiger partial charge in [-0.05, 0) is 12.8 Å². The predicted molar refractivity (Wildman–Crippen MR) is 71.9 cm³/mol. The average Bonchev–Trinajstić information content (AvgIpc) is 2.82. The topological polar surface area (TPSA) is 55.2 Å². The number of ether oxygens (including phenoxy) is 1. The lowest BCUT2D eigenvalue weighted by atomic mass is 9.99. The Hall–Kier alpha value is -0.980. The lowest BCUT2D eigenvalue weighted by Crippen LogP contribution is -2.43. The number of hydrogen-bond acceptors (Lipinski definition) is 5. The van der Waals surface area contributed by atoms with E-state index in [4.69, 9.17) is 4.74 Å². The van der Waals surface area contributed by atoms with E-state index >= 15 is 0 Å². The Balaban J connectivity index is 1.67. The molecule has 0 aliphatic carbocycles. The van der Waals surface area contributed by atoms with Gasteiger partial charge in [0.25, 0.3) is 0 Å². The molecule has 2 aliphatic rings.